The third-order valence-corrected chi connectivity index (χ3v) is 5.41. The van der Waals surface area contributed by atoms with E-state index < -0.39 is 5.97 Å². The van der Waals surface area contributed by atoms with E-state index in [4.69, 9.17) is 5.11 Å². The monoisotopic (exact) mass is 373 g/mol. The molecule has 3 nitrogen and oxygen atoms in total. The zero-order chi connectivity index (χ0) is 16.3. The minimum Gasteiger partial charge on any atom is -0.478 e. The standard InChI is InChI=1S/C19H20BrNO2/c20-17-8-2-1-7-16(17)19(9-4-10-19)13-21-12-14-5-3-6-15(11-14)18(22)23/h1-3,5-8,11,21H,4,9-10,12-13H2,(H,22,23). The highest BCUT2D eigenvalue weighted by Crippen LogP contribution is 2.45. The molecule has 0 aliphatic heterocycles. The highest BCUT2D eigenvalue weighted by Gasteiger charge is 2.39. The largest absolute Gasteiger partial charge is 0.478 e. The van der Waals surface area contributed by atoms with E-state index in [9.17, 15) is 4.79 Å². The van der Waals surface area contributed by atoms with Crippen LogP contribution in [0.5, 0.6) is 0 Å². The number of halogens is 1. The highest BCUT2D eigenvalue weighted by atomic mass is 79.9. The highest BCUT2D eigenvalue weighted by molar-refractivity contribution is 9.10. The molecule has 1 aliphatic carbocycles. The molecule has 0 aromatic heterocycles. The lowest BCUT2D eigenvalue weighted by Crippen LogP contribution is -2.43. The molecule has 0 atom stereocenters. The van der Waals surface area contributed by atoms with Gasteiger partial charge in [-0.05, 0) is 42.2 Å². The van der Waals surface area contributed by atoms with Gasteiger partial charge in [-0.2, -0.15) is 0 Å². The molecule has 2 aromatic rings. The number of hydrogen-bond donors (Lipinski definition) is 2. The molecule has 0 saturated heterocycles. The molecule has 1 aliphatic rings. The Morgan fingerprint density at radius 1 is 1.17 bits per heavy atom. The average Bonchev–Trinajstić information content (AvgIpc) is 2.51. The van der Waals surface area contributed by atoms with Gasteiger partial charge in [-0.15, -0.1) is 0 Å². The van der Waals surface area contributed by atoms with Crippen LogP contribution in [0.25, 0.3) is 0 Å². The number of benzene rings is 2. The van der Waals surface area contributed by atoms with E-state index in [1.165, 1.54) is 29.3 Å². The summed E-state index contributed by atoms with van der Waals surface area (Å²) in [5.41, 5.74) is 2.92. The van der Waals surface area contributed by atoms with Crippen LogP contribution in [0.1, 0.15) is 40.7 Å². The van der Waals surface area contributed by atoms with Gasteiger partial charge in [-0.3, -0.25) is 0 Å². The maximum absolute atomic E-state index is 11.0. The molecule has 120 valence electrons. The first-order valence-corrected chi connectivity index (χ1v) is 8.68. The molecule has 2 aromatic carbocycles. The number of nitrogens with one attached hydrogen (secondary N) is 1. The number of carbonyl (C=O) groups is 1. The van der Waals surface area contributed by atoms with Crippen molar-refractivity contribution in [1.82, 2.24) is 5.32 Å². The van der Waals surface area contributed by atoms with Crippen molar-refractivity contribution in [2.24, 2.45) is 0 Å². The predicted molar refractivity (Wildman–Crippen MR) is 94.8 cm³/mol. The number of carboxylic acids is 1. The summed E-state index contributed by atoms with van der Waals surface area (Å²) in [6.45, 7) is 1.60. The van der Waals surface area contributed by atoms with Crippen LogP contribution in [0.15, 0.2) is 53.0 Å². The summed E-state index contributed by atoms with van der Waals surface area (Å²) in [4.78, 5) is 11.0. The van der Waals surface area contributed by atoms with Crippen LogP contribution in [0.3, 0.4) is 0 Å². The Bertz CT molecular complexity index is 710. The van der Waals surface area contributed by atoms with E-state index in [1.807, 2.05) is 12.1 Å². The fourth-order valence-corrected chi connectivity index (χ4v) is 4.00. The van der Waals surface area contributed by atoms with Crippen molar-refractivity contribution in [1.29, 1.82) is 0 Å². The molecule has 0 bridgehead atoms. The van der Waals surface area contributed by atoms with Gasteiger partial charge in [0.05, 0.1) is 5.56 Å². The molecular formula is C19H20BrNO2. The van der Waals surface area contributed by atoms with E-state index >= 15 is 0 Å². The molecule has 0 spiro atoms. The van der Waals surface area contributed by atoms with Gasteiger partial charge < -0.3 is 10.4 Å². The summed E-state index contributed by atoms with van der Waals surface area (Å²) in [5.74, 6) is -0.879. The molecule has 0 amide bonds. The van der Waals surface area contributed by atoms with Crippen LogP contribution in [0, 0.1) is 0 Å². The van der Waals surface area contributed by atoms with Crippen LogP contribution in [0.2, 0.25) is 0 Å². The lowest BCUT2D eigenvalue weighted by Gasteiger charge is -2.43. The van der Waals surface area contributed by atoms with Gasteiger partial charge >= 0.3 is 5.97 Å². The van der Waals surface area contributed by atoms with Crippen molar-refractivity contribution in [2.75, 3.05) is 6.54 Å². The van der Waals surface area contributed by atoms with Crippen molar-refractivity contribution in [3.63, 3.8) is 0 Å². The quantitative estimate of drug-likeness (QED) is 0.790. The summed E-state index contributed by atoms with van der Waals surface area (Å²) >= 11 is 3.68. The molecule has 3 rings (SSSR count). The van der Waals surface area contributed by atoms with Gasteiger partial charge in [0, 0.05) is 23.0 Å². The number of rotatable bonds is 6. The molecule has 0 heterocycles. The van der Waals surface area contributed by atoms with Crippen molar-refractivity contribution >= 4 is 21.9 Å². The predicted octanol–water partition coefficient (Wildman–Crippen LogP) is 4.36. The zero-order valence-electron chi connectivity index (χ0n) is 12.9. The van der Waals surface area contributed by atoms with E-state index in [-0.39, 0.29) is 5.41 Å². The topological polar surface area (TPSA) is 49.3 Å². The summed E-state index contributed by atoms with van der Waals surface area (Å²) in [5, 5.41) is 12.6. The number of carboxylic acid groups (broad SMARTS) is 1. The van der Waals surface area contributed by atoms with Gasteiger partial charge in [-0.1, -0.05) is 52.7 Å². The fraction of sp³-hybridized carbons (Fsp3) is 0.316. The van der Waals surface area contributed by atoms with Gasteiger partial charge in [-0.25, -0.2) is 4.79 Å². The first-order chi connectivity index (χ1) is 11.1. The molecular weight excluding hydrogens is 354 g/mol. The van der Waals surface area contributed by atoms with Crippen molar-refractivity contribution in [3.8, 4) is 0 Å². The van der Waals surface area contributed by atoms with Gasteiger partial charge in [0.1, 0.15) is 0 Å². The van der Waals surface area contributed by atoms with Gasteiger partial charge in [0.25, 0.3) is 0 Å². The summed E-state index contributed by atoms with van der Waals surface area (Å²) < 4.78 is 1.18. The Morgan fingerprint density at radius 2 is 1.96 bits per heavy atom. The Hall–Kier alpha value is -1.65. The molecule has 4 heteroatoms. The number of aromatic carboxylic acids is 1. The van der Waals surface area contributed by atoms with Crippen LogP contribution in [-0.2, 0) is 12.0 Å². The third kappa shape index (κ3) is 3.48. The summed E-state index contributed by atoms with van der Waals surface area (Å²) in [6, 6.07) is 15.6. The van der Waals surface area contributed by atoms with Crippen molar-refractivity contribution in [2.45, 2.75) is 31.2 Å². The Morgan fingerprint density at radius 3 is 2.61 bits per heavy atom. The minimum atomic E-state index is -0.879. The molecule has 23 heavy (non-hydrogen) atoms. The average molecular weight is 374 g/mol. The summed E-state index contributed by atoms with van der Waals surface area (Å²) in [7, 11) is 0. The second kappa shape index (κ2) is 6.85. The minimum absolute atomic E-state index is 0.199. The van der Waals surface area contributed by atoms with E-state index in [2.05, 4.69) is 39.4 Å². The van der Waals surface area contributed by atoms with Crippen molar-refractivity contribution < 1.29 is 9.90 Å². The lowest BCUT2D eigenvalue weighted by atomic mass is 9.64. The van der Waals surface area contributed by atoms with E-state index in [1.54, 1.807) is 18.2 Å². The first-order valence-electron chi connectivity index (χ1n) is 7.89. The first kappa shape index (κ1) is 16.2. The zero-order valence-corrected chi connectivity index (χ0v) is 14.5. The third-order valence-electron chi connectivity index (χ3n) is 4.72. The van der Waals surface area contributed by atoms with Gasteiger partial charge in [0.2, 0.25) is 0 Å². The molecule has 2 N–H and O–H groups in total. The van der Waals surface area contributed by atoms with E-state index in [0.29, 0.717) is 12.1 Å². The van der Waals surface area contributed by atoms with Crippen LogP contribution < -0.4 is 5.32 Å². The summed E-state index contributed by atoms with van der Waals surface area (Å²) in [6.07, 6.45) is 3.65. The van der Waals surface area contributed by atoms with Crippen LogP contribution >= 0.6 is 15.9 Å². The van der Waals surface area contributed by atoms with Gasteiger partial charge in [0.15, 0.2) is 0 Å². The molecule has 0 unspecified atom stereocenters. The molecule has 1 saturated carbocycles. The molecule has 0 radical (unpaired) electrons. The Labute approximate surface area is 144 Å². The van der Waals surface area contributed by atoms with Crippen LogP contribution in [-0.4, -0.2) is 17.6 Å². The Kier molecular flexibility index (Phi) is 4.83. The second-order valence-electron chi connectivity index (χ2n) is 6.22. The molecule has 1 fully saturated rings. The van der Waals surface area contributed by atoms with Crippen LogP contribution in [0.4, 0.5) is 0 Å². The van der Waals surface area contributed by atoms with Crippen molar-refractivity contribution in [3.05, 3.63) is 69.7 Å². The van der Waals surface area contributed by atoms with E-state index in [0.717, 1.165) is 12.1 Å². The lowest BCUT2D eigenvalue weighted by molar-refractivity contribution is 0.0696. The Balaban J connectivity index is 1.66. The maximum atomic E-state index is 11.0. The fourth-order valence-electron chi connectivity index (χ4n) is 3.30. The normalized spacial score (nSPS) is 15.9. The number of hydrogen-bond acceptors (Lipinski definition) is 2. The second-order valence-corrected chi connectivity index (χ2v) is 7.08. The SMILES string of the molecule is O=C(O)c1cccc(CNCC2(c3ccccc3Br)CCC2)c1. The maximum Gasteiger partial charge on any atom is 0.335 e. The smallest absolute Gasteiger partial charge is 0.335 e.